The summed E-state index contributed by atoms with van der Waals surface area (Å²) in [6.45, 7) is 0. The highest BCUT2D eigenvalue weighted by Crippen LogP contribution is 2.32. The van der Waals surface area contributed by atoms with Crippen molar-refractivity contribution in [2.24, 2.45) is 0 Å². The lowest BCUT2D eigenvalue weighted by molar-refractivity contribution is 0.223. The van der Waals surface area contributed by atoms with Crippen LogP contribution >= 0.6 is 11.3 Å². The first kappa shape index (κ1) is 11.3. The molecule has 3 nitrogen and oxygen atoms in total. The largest absolute Gasteiger partial charge is 0.383 e. The summed E-state index contributed by atoms with van der Waals surface area (Å²) in [5.74, 6) is -0.274. The van der Waals surface area contributed by atoms with Crippen LogP contribution in [0, 0.1) is 5.82 Å². The molecule has 0 saturated heterocycles. The van der Waals surface area contributed by atoms with Crippen LogP contribution in [0.4, 0.5) is 4.39 Å². The molecule has 2 heterocycles. The number of halogens is 1. The summed E-state index contributed by atoms with van der Waals surface area (Å²) >= 11 is 1.44. The van der Waals surface area contributed by atoms with E-state index in [0.29, 0.717) is 5.56 Å². The Labute approximate surface area is 107 Å². The lowest BCUT2D eigenvalue weighted by Crippen LogP contribution is -1.97. The Morgan fingerprint density at radius 2 is 1.94 bits per heavy atom. The topological polar surface area (TPSA) is 46.0 Å². The lowest BCUT2D eigenvalue weighted by Gasteiger charge is -2.06. The Hall–Kier alpha value is -1.85. The van der Waals surface area contributed by atoms with E-state index in [1.54, 1.807) is 24.5 Å². The van der Waals surface area contributed by atoms with Crippen molar-refractivity contribution < 1.29 is 9.50 Å². The fraction of sp³-hybridized carbons (Fsp3) is 0.0769. The molecular weight excluding hydrogens is 251 g/mol. The third kappa shape index (κ3) is 1.98. The molecule has 90 valence electrons. The van der Waals surface area contributed by atoms with Gasteiger partial charge in [0.05, 0.1) is 0 Å². The van der Waals surface area contributed by atoms with Crippen molar-refractivity contribution in [2.75, 3.05) is 0 Å². The van der Waals surface area contributed by atoms with E-state index >= 15 is 0 Å². The molecule has 1 unspecified atom stereocenters. The van der Waals surface area contributed by atoms with Crippen molar-refractivity contribution in [1.82, 2.24) is 9.97 Å². The Morgan fingerprint density at radius 3 is 2.72 bits per heavy atom. The zero-order valence-electron chi connectivity index (χ0n) is 9.25. The summed E-state index contributed by atoms with van der Waals surface area (Å²) in [6, 6.07) is 6.39. The molecule has 0 saturated carbocycles. The van der Waals surface area contributed by atoms with Crippen molar-refractivity contribution >= 4 is 21.4 Å². The van der Waals surface area contributed by atoms with Gasteiger partial charge < -0.3 is 5.11 Å². The molecule has 0 amide bonds. The second kappa shape index (κ2) is 4.44. The molecule has 1 aromatic carbocycles. The number of hydrogen-bond acceptors (Lipinski definition) is 4. The van der Waals surface area contributed by atoms with Gasteiger partial charge in [0.1, 0.15) is 18.2 Å². The van der Waals surface area contributed by atoms with Gasteiger partial charge in [-0.1, -0.05) is 0 Å². The number of hydrogen-bond donors (Lipinski definition) is 1. The van der Waals surface area contributed by atoms with Crippen LogP contribution in [0.15, 0.2) is 43.0 Å². The average Bonchev–Trinajstić information content (AvgIpc) is 2.81. The summed E-state index contributed by atoms with van der Waals surface area (Å²) < 4.78 is 14.0. The molecule has 1 atom stereocenters. The highest BCUT2D eigenvalue weighted by atomic mass is 32.1. The van der Waals surface area contributed by atoms with Gasteiger partial charge in [0.15, 0.2) is 0 Å². The zero-order valence-corrected chi connectivity index (χ0v) is 10.1. The molecule has 0 radical (unpaired) electrons. The monoisotopic (exact) mass is 260 g/mol. The molecule has 0 spiro atoms. The number of aromatic nitrogens is 2. The molecule has 0 aliphatic heterocycles. The Balaban J connectivity index is 2.04. The predicted molar refractivity (Wildman–Crippen MR) is 67.9 cm³/mol. The van der Waals surface area contributed by atoms with Gasteiger partial charge in [-0.2, -0.15) is 0 Å². The van der Waals surface area contributed by atoms with Gasteiger partial charge in [-0.15, -0.1) is 11.3 Å². The van der Waals surface area contributed by atoms with Crippen LogP contribution in [0.25, 0.3) is 10.1 Å². The van der Waals surface area contributed by atoms with Gasteiger partial charge in [0, 0.05) is 27.5 Å². The average molecular weight is 260 g/mol. The van der Waals surface area contributed by atoms with Crippen LogP contribution in [-0.2, 0) is 0 Å². The summed E-state index contributed by atoms with van der Waals surface area (Å²) in [5, 5.41) is 11.0. The first-order chi connectivity index (χ1) is 8.74. The first-order valence-corrected chi connectivity index (χ1v) is 6.17. The number of nitrogens with zero attached hydrogens (tertiary/aromatic N) is 2. The summed E-state index contributed by atoms with van der Waals surface area (Å²) in [6.07, 6.45) is 3.79. The van der Waals surface area contributed by atoms with E-state index < -0.39 is 6.10 Å². The van der Waals surface area contributed by atoms with E-state index in [1.165, 1.54) is 29.8 Å². The second-order valence-electron chi connectivity index (χ2n) is 3.91. The van der Waals surface area contributed by atoms with Crippen LogP contribution in [0.2, 0.25) is 0 Å². The van der Waals surface area contributed by atoms with Gasteiger partial charge in [-0.25, -0.2) is 14.4 Å². The SMILES string of the molecule is OC(c1cncnc1)c1cc2cc(F)ccc2s1. The zero-order chi connectivity index (χ0) is 12.5. The van der Waals surface area contributed by atoms with Crippen LogP contribution in [0.3, 0.4) is 0 Å². The normalized spacial score (nSPS) is 12.8. The van der Waals surface area contributed by atoms with Gasteiger partial charge in [0.25, 0.3) is 0 Å². The minimum Gasteiger partial charge on any atom is -0.383 e. The molecule has 3 rings (SSSR count). The predicted octanol–water partition coefficient (Wildman–Crippen LogP) is 2.91. The quantitative estimate of drug-likeness (QED) is 0.770. The maximum Gasteiger partial charge on any atom is 0.123 e. The fourth-order valence-electron chi connectivity index (χ4n) is 1.79. The second-order valence-corrected chi connectivity index (χ2v) is 5.02. The standard InChI is InChI=1S/C13H9FN2OS/c14-10-1-2-11-8(3-10)4-12(18-11)13(17)9-5-15-7-16-6-9/h1-7,13,17H. The van der Waals surface area contributed by atoms with Crippen LogP contribution in [-0.4, -0.2) is 15.1 Å². The van der Waals surface area contributed by atoms with Gasteiger partial charge in [0.2, 0.25) is 0 Å². The van der Waals surface area contributed by atoms with Gasteiger partial charge >= 0.3 is 0 Å². The van der Waals surface area contributed by atoms with Gasteiger partial charge in [-0.3, -0.25) is 0 Å². The Kier molecular flexibility index (Phi) is 2.77. The fourth-order valence-corrected chi connectivity index (χ4v) is 2.84. The molecular formula is C13H9FN2OS. The van der Waals surface area contributed by atoms with Crippen LogP contribution in [0.1, 0.15) is 16.5 Å². The molecule has 5 heteroatoms. The van der Waals surface area contributed by atoms with Crippen molar-refractivity contribution in [3.63, 3.8) is 0 Å². The van der Waals surface area contributed by atoms with E-state index in [9.17, 15) is 9.50 Å². The number of aliphatic hydroxyl groups excluding tert-OH is 1. The van der Waals surface area contributed by atoms with Crippen molar-refractivity contribution in [1.29, 1.82) is 0 Å². The third-order valence-electron chi connectivity index (χ3n) is 2.66. The number of fused-ring (bicyclic) bond motifs is 1. The minimum atomic E-state index is -0.772. The molecule has 0 aliphatic rings. The highest BCUT2D eigenvalue weighted by molar-refractivity contribution is 7.19. The van der Waals surface area contributed by atoms with Crippen LogP contribution < -0.4 is 0 Å². The number of aliphatic hydroxyl groups is 1. The van der Waals surface area contributed by atoms with Crippen LogP contribution in [0.5, 0.6) is 0 Å². The Bertz CT molecular complexity index is 684. The molecule has 18 heavy (non-hydrogen) atoms. The van der Waals surface area contributed by atoms with Gasteiger partial charge in [-0.05, 0) is 29.7 Å². The molecule has 3 aromatic rings. The molecule has 0 aliphatic carbocycles. The maximum absolute atomic E-state index is 13.1. The van der Waals surface area contributed by atoms with Crippen molar-refractivity contribution in [3.05, 3.63) is 59.2 Å². The van der Waals surface area contributed by atoms with E-state index in [1.807, 2.05) is 0 Å². The van der Waals surface area contributed by atoms with E-state index in [0.717, 1.165) is 15.0 Å². The van der Waals surface area contributed by atoms with E-state index in [4.69, 9.17) is 0 Å². The molecule has 0 bridgehead atoms. The number of rotatable bonds is 2. The molecule has 0 fully saturated rings. The summed E-state index contributed by atoms with van der Waals surface area (Å²) in [7, 11) is 0. The lowest BCUT2D eigenvalue weighted by atomic mass is 10.1. The number of thiophene rings is 1. The summed E-state index contributed by atoms with van der Waals surface area (Å²) in [5.41, 5.74) is 0.629. The third-order valence-corrected chi connectivity index (χ3v) is 3.83. The maximum atomic E-state index is 13.1. The molecule has 1 N–H and O–H groups in total. The number of benzene rings is 1. The van der Waals surface area contributed by atoms with E-state index in [2.05, 4.69) is 9.97 Å². The Morgan fingerprint density at radius 1 is 1.17 bits per heavy atom. The van der Waals surface area contributed by atoms with Crippen molar-refractivity contribution in [2.45, 2.75) is 6.10 Å². The first-order valence-electron chi connectivity index (χ1n) is 5.36. The smallest absolute Gasteiger partial charge is 0.123 e. The van der Waals surface area contributed by atoms with Crippen molar-refractivity contribution in [3.8, 4) is 0 Å². The highest BCUT2D eigenvalue weighted by Gasteiger charge is 2.14. The summed E-state index contributed by atoms with van der Waals surface area (Å²) in [4.78, 5) is 8.50. The minimum absolute atomic E-state index is 0.274. The van der Waals surface area contributed by atoms with E-state index in [-0.39, 0.29) is 5.82 Å². The molecule has 2 aromatic heterocycles.